The third-order valence-electron chi connectivity index (χ3n) is 4.49. The number of rotatable bonds is 9. The summed E-state index contributed by atoms with van der Waals surface area (Å²) in [5.41, 5.74) is 3.50. The highest BCUT2D eigenvalue weighted by Crippen LogP contribution is 2.17. The summed E-state index contributed by atoms with van der Waals surface area (Å²) in [6.07, 6.45) is 1.60. The van der Waals surface area contributed by atoms with E-state index < -0.39 is 0 Å². The van der Waals surface area contributed by atoms with Crippen molar-refractivity contribution in [2.45, 2.75) is 53.2 Å². The van der Waals surface area contributed by atoms with Crippen LogP contribution in [0.1, 0.15) is 44.6 Å². The molecule has 28 heavy (non-hydrogen) atoms. The quantitative estimate of drug-likeness (QED) is 0.511. The number of hydrogen-bond donors (Lipinski definition) is 2. The number of benzene rings is 1. The van der Waals surface area contributed by atoms with Crippen molar-refractivity contribution >= 4 is 5.96 Å². The molecular weight excluding hydrogens is 357 g/mol. The molecule has 1 atom stereocenters. The van der Waals surface area contributed by atoms with Crippen molar-refractivity contribution in [3.63, 3.8) is 0 Å². The topological polar surface area (TPSA) is 63.5 Å². The lowest BCUT2D eigenvalue weighted by molar-refractivity contribution is 0.214. The molecular formula is C21H32FN5O. The fourth-order valence-electron chi connectivity index (χ4n) is 3.11. The third-order valence-corrected chi connectivity index (χ3v) is 4.49. The first-order chi connectivity index (χ1) is 13.5. The van der Waals surface area contributed by atoms with Gasteiger partial charge < -0.3 is 15.4 Å². The van der Waals surface area contributed by atoms with E-state index in [-0.39, 0.29) is 17.7 Å². The monoisotopic (exact) mass is 389 g/mol. The van der Waals surface area contributed by atoms with E-state index in [4.69, 9.17) is 9.73 Å². The molecule has 0 saturated heterocycles. The van der Waals surface area contributed by atoms with Gasteiger partial charge in [0.05, 0.1) is 18.8 Å². The van der Waals surface area contributed by atoms with Crippen LogP contribution in [0.15, 0.2) is 29.3 Å². The SMILES string of the molecule is CCNC(=NCc1c(CC)nn(C)c1CC)NCC(C)Oc1ccccc1F. The molecule has 154 valence electrons. The second kappa shape index (κ2) is 10.7. The molecule has 2 aromatic rings. The molecule has 1 aromatic heterocycles. The number of aliphatic imine (C=N–C) groups is 1. The van der Waals surface area contributed by atoms with Crippen molar-refractivity contribution in [3.8, 4) is 5.75 Å². The number of para-hydroxylation sites is 1. The molecule has 0 bridgehead atoms. The number of aryl methyl sites for hydroxylation is 2. The van der Waals surface area contributed by atoms with Gasteiger partial charge in [0.25, 0.3) is 0 Å². The highest BCUT2D eigenvalue weighted by Gasteiger charge is 2.14. The van der Waals surface area contributed by atoms with Gasteiger partial charge in [0.15, 0.2) is 17.5 Å². The predicted octanol–water partition coefficient (Wildman–Crippen LogP) is 3.21. The Hall–Kier alpha value is -2.57. The van der Waals surface area contributed by atoms with Gasteiger partial charge >= 0.3 is 0 Å². The first-order valence-corrected chi connectivity index (χ1v) is 9.97. The van der Waals surface area contributed by atoms with Crippen LogP contribution in [-0.2, 0) is 26.4 Å². The molecule has 0 fully saturated rings. The van der Waals surface area contributed by atoms with Crippen LogP contribution in [0.25, 0.3) is 0 Å². The number of nitrogens with one attached hydrogen (secondary N) is 2. The molecule has 0 amide bonds. The zero-order chi connectivity index (χ0) is 20.5. The molecule has 0 aliphatic rings. The summed E-state index contributed by atoms with van der Waals surface area (Å²) >= 11 is 0. The smallest absolute Gasteiger partial charge is 0.191 e. The van der Waals surface area contributed by atoms with Crippen LogP contribution in [0.4, 0.5) is 4.39 Å². The standard InChI is InChI=1S/C21H32FN5O/c1-6-18-16(19(7-2)27(5)26-18)14-25-21(23-8-3)24-13-15(4)28-20-12-10-9-11-17(20)22/h9-12,15H,6-8,13-14H2,1-5H3,(H2,23,24,25). The average molecular weight is 390 g/mol. The molecule has 1 aromatic carbocycles. The van der Waals surface area contributed by atoms with E-state index in [9.17, 15) is 4.39 Å². The van der Waals surface area contributed by atoms with Crippen LogP contribution < -0.4 is 15.4 Å². The van der Waals surface area contributed by atoms with Crippen LogP contribution >= 0.6 is 0 Å². The van der Waals surface area contributed by atoms with Crippen molar-refractivity contribution in [1.29, 1.82) is 0 Å². The number of nitrogens with zero attached hydrogens (tertiary/aromatic N) is 3. The largest absolute Gasteiger partial charge is 0.486 e. The van der Waals surface area contributed by atoms with Crippen molar-refractivity contribution < 1.29 is 9.13 Å². The Balaban J connectivity index is 2.02. The maximum atomic E-state index is 13.7. The number of ether oxygens (including phenoxy) is 1. The molecule has 0 spiro atoms. The summed E-state index contributed by atoms with van der Waals surface area (Å²) in [4.78, 5) is 4.72. The van der Waals surface area contributed by atoms with Crippen LogP contribution in [-0.4, -0.2) is 34.9 Å². The molecule has 6 nitrogen and oxygen atoms in total. The number of aromatic nitrogens is 2. The maximum Gasteiger partial charge on any atom is 0.191 e. The van der Waals surface area contributed by atoms with Gasteiger partial charge in [0.2, 0.25) is 0 Å². The van der Waals surface area contributed by atoms with E-state index in [1.54, 1.807) is 18.2 Å². The van der Waals surface area contributed by atoms with Crippen molar-refractivity contribution in [3.05, 3.63) is 47.0 Å². The molecule has 0 aliphatic heterocycles. The first kappa shape index (κ1) is 21.7. The minimum Gasteiger partial charge on any atom is -0.486 e. The minimum atomic E-state index is -0.356. The lowest BCUT2D eigenvalue weighted by Gasteiger charge is -2.18. The Labute approximate surface area is 167 Å². The van der Waals surface area contributed by atoms with Gasteiger partial charge in [-0.2, -0.15) is 5.10 Å². The van der Waals surface area contributed by atoms with Crippen LogP contribution in [0, 0.1) is 5.82 Å². The fraction of sp³-hybridized carbons (Fsp3) is 0.524. The van der Waals surface area contributed by atoms with E-state index >= 15 is 0 Å². The average Bonchev–Trinajstić information content (AvgIpc) is 3.00. The Kier molecular flexibility index (Phi) is 8.29. The van der Waals surface area contributed by atoms with E-state index in [0.29, 0.717) is 19.0 Å². The van der Waals surface area contributed by atoms with Crippen molar-refractivity contribution in [2.24, 2.45) is 12.0 Å². The molecule has 1 heterocycles. The van der Waals surface area contributed by atoms with Crippen molar-refractivity contribution in [1.82, 2.24) is 20.4 Å². The summed E-state index contributed by atoms with van der Waals surface area (Å²) in [6.45, 7) is 9.99. The molecule has 7 heteroatoms. The highest BCUT2D eigenvalue weighted by atomic mass is 19.1. The maximum absolute atomic E-state index is 13.7. The van der Waals surface area contributed by atoms with E-state index in [2.05, 4.69) is 29.6 Å². The van der Waals surface area contributed by atoms with E-state index in [1.807, 2.05) is 25.6 Å². The van der Waals surface area contributed by atoms with Crippen LogP contribution in [0.5, 0.6) is 5.75 Å². The normalized spacial score (nSPS) is 12.7. The first-order valence-electron chi connectivity index (χ1n) is 9.97. The van der Waals surface area contributed by atoms with Gasteiger partial charge in [-0.15, -0.1) is 0 Å². The van der Waals surface area contributed by atoms with Gasteiger partial charge in [-0.3, -0.25) is 4.68 Å². The van der Waals surface area contributed by atoms with Crippen LogP contribution in [0.2, 0.25) is 0 Å². The highest BCUT2D eigenvalue weighted by molar-refractivity contribution is 5.79. The Bertz CT molecular complexity index is 787. The second-order valence-electron chi connectivity index (χ2n) is 6.64. The summed E-state index contributed by atoms with van der Waals surface area (Å²) < 4.78 is 21.4. The minimum absolute atomic E-state index is 0.212. The molecule has 0 radical (unpaired) electrons. The van der Waals surface area contributed by atoms with Gasteiger partial charge in [-0.25, -0.2) is 9.38 Å². The summed E-state index contributed by atoms with van der Waals surface area (Å²) in [5.74, 6) is 0.611. The molecule has 0 aliphatic carbocycles. The predicted molar refractivity (Wildman–Crippen MR) is 111 cm³/mol. The van der Waals surface area contributed by atoms with Gasteiger partial charge in [-0.05, 0) is 38.8 Å². The van der Waals surface area contributed by atoms with E-state index in [0.717, 1.165) is 25.1 Å². The van der Waals surface area contributed by atoms with E-state index in [1.165, 1.54) is 17.3 Å². The Morgan fingerprint density at radius 1 is 1.21 bits per heavy atom. The second-order valence-corrected chi connectivity index (χ2v) is 6.64. The number of halogens is 1. The summed E-state index contributed by atoms with van der Waals surface area (Å²) in [6, 6.07) is 6.43. The molecule has 2 rings (SSSR count). The molecule has 1 unspecified atom stereocenters. The van der Waals surface area contributed by atoms with Gasteiger partial charge in [0, 0.05) is 24.8 Å². The summed E-state index contributed by atoms with van der Waals surface area (Å²) in [5, 5.41) is 11.1. The zero-order valence-electron chi connectivity index (χ0n) is 17.6. The van der Waals surface area contributed by atoms with Crippen LogP contribution in [0.3, 0.4) is 0 Å². The number of guanidine groups is 1. The fourth-order valence-corrected chi connectivity index (χ4v) is 3.11. The lowest BCUT2D eigenvalue weighted by atomic mass is 10.1. The molecule has 0 saturated carbocycles. The number of hydrogen-bond acceptors (Lipinski definition) is 3. The van der Waals surface area contributed by atoms with Crippen molar-refractivity contribution in [2.75, 3.05) is 13.1 Å². The Morgan fingerprint density at radius 3 is 2.61 bits per heavy atom. The molecule has 2 N–H and O–H groups in total. The van der Waals surface area contributed by atoms with Gasteiger partial charge in [0.1, 0.15) is 6.10 Å². The Morgan fingerprint density at radius 2 is 1.96 bits per heavy atom. The summed E-state index contributed by atoms with van der Waals surface area (Å²) in [7, 11) is 1.98. The lowest BCUT2D eigenvalue weighted by Crippen LogP contribution is -2.41. The zero-order valence-corrected chi connectivity index (χ0v) is 17.6. The third kappa shape index (κ3) is 5.71. The van der Waals surface area contributed by atoms with Gasteiger partial charge in [-0.1, -0.05) is 26.0 Å².